The fraction of sp³-hybridized carbons (Fsp3) is 0.571. The van der Waals surface area contributed by atoms with Crippen molar-refractivity contribution in [2.24, 2.45) is 23.7 Å². The zero-order chi connectivity index (χ0) is 35.7. The maximum atomic E-state index is 12.9. The number of fused-ring (bicyclic) bond motifs is 4. The van der Waals surface area contributed by atoms with Crippen LogP contribution in [0.5, 0.6) is 0 Å². The second-order valence-corrected chi connectivity index (χ2v) is 17.3. The standard InChI is InChI=1S/2C21H24N2O3/c2*1-3-20(25)10-11-14-15(19(24)26-2)16-21(8-9-23(17(11)21)18(14)20)12-6-4-5-7-13(12)22-16/h2*4-7,11,14,17-18,22,25H,3,8-10H2,1-2H3. The highest BCUT2D eigenvalue weighted by atomic mass is 16.5. The Hall–Kier alpha value is -3.70. The van der Waals surface area contributed by atoms with E-state index >= 15 is 0 Å². The van der Waals surface area contributed by atoms with Crippen molar-refractivity contribution in [2.45, 2.75) is 98.6 Å². The molecule has 6 aliphatic heterocycles. The van der Waals surface area contributed by atoms with Gasteiger partial charge in [0.15, 0.2) is 0 Å². The number of piperidine rings is 2. The van der Waals surface area contributed by atoms with Crippen molar-refractivity contribution < 1.29 is 29.3 Å². The quantitative estimate of drug-likeness (QED) is 0.347. The number of rotatable bonds is 4. The lowest BCUT2D eigenvalue weighted by molar-refractivity contribution is -0.138. The van der Waals surface area contributed by atoms with Gasteiger partial charge in [0.05, 0.1) is 47.4 Å². The van der Waals surface area contributed by atoms with Crippen LogP contribution in [0.2, 0.25) is 0 Å². The molecule has 10 heteroatoms. The van der Waals surface area contributed by atoms with Gasteiger partial charge in [-0.1, -0.05) is 50.2 Å². The molecular formula is C42H48N4O6. The molecule has 0 amide bonds. The van der Waals surface area contributed by atoms with Crippen LogP contribution in [0, 0.1) is 23.7 Å². The van der Waals surface area contributed by atoms with Crippen LogP contribution in [0.3, 0.4) is 0 Å². The van der Waals surface area contributed by atoms with E-state index in [4.69, 9.17) is 9.47 Å². The zero-order valence-corrected chi connectivity index (χ0v) is 30.3. The van der Waals surface area contributed by atoms with E-state index in [1.54, 1.807) is 0 Å². The van der Waals surface area contributed by atoms with Crippen LogP contribution in [0.15, 0.2) is 71.1 Å². The monoisotopic (exact) mass is 704 g/mol. The molecule has 2 aromatic rings. The lowest BCUT2D eigenvalue weighted by Gasteiger charge is -2.45. The van der Waals surface area contributed by atoms with Crippen molar-refractivity contribution >= 4 is 23.3 Å². The van der Waals surface area contributed by atoms with Gasteiger partial charge in [-0.2, -0.15) is 0 Å². The molecular weight excluding hydrogens is 656 g/mol. The van der Waals surface area contributed by atoms with Gasteiger partial charge in [-0.3, -0.25) is 9.80 Å². The van der Waals surface area contributed by atoms with Gasteiger partial charge in [-0.15, -0.1) is 0 Å². The Labute approximate surface area is 304 Å². The summed E-state index contributed by atoms with van der Waals surface area (Å²) in [5, 5.41) is 29.9. The van der Waals surface area contributed by atoms with E-state index in [1.165, 1.54) is 25.3 Å². The van der Waals surface area contributed by atoms with Gasteiger partial charge >= 0.3 is 11.9 Å². The number of hydrogen-bond donors (Lipinski definition) is 4. The largest absolute Gasteiger partial charge is 0.466 e. The number of hydrogen-bond acceptors (Lipinski definition) is 10. The number of methoxy groups -OCH3 is 2. The van der Waals surface area contributed by atoms with Crippen molar-refractivity contribution in [2.75, 3.05) is 37.9 Å². The molecule has 4 aliphatic carbocycles. The SMILES string of the molecule is CCC1(O)CC2C3C(C(=O)OC)=C4Nc5ccccc5C45CCN(C31)C25.CCC1(O)CC2C3C(C(=O)OC)=C4Nc5ccccc5C45CCN(C31)C25. The fourth-order valence-electron chi connectivity index (χ4n) is 14.6. The number of esters is 2. The molecule has 8 bridgehead atoms. The van der Waals surface area contributed by atoms with Crippen molar-refractivity contribution in [3.8, 4) is 0 Å². The molecule has 12 rings (SSSR count). The summed E-state index contributed by atoms with van der Waals surface area (Å²) >= 11 is 0. The van der Waals surface area contributed by atoms with Crippen LogP contribution in [-0.2, 0) is 29.9 Å². The normalized spacial score (nSPS) is 44.1. The predicted octanol–water partition coefficient (Wildman–Crippen LogP) is 4.05. The van der Waals surface area contributed by atoms with Crippen LogP contribution < -0.4 is 10.6 Å². The summed E-state index contributed by atoms with van der Waals surface area (Å²) in [6, 6.07) is 17.8. The van der Waals surface area contributed by atoms with Crippen molar-refractivity contribution in [3.63, 3.8) is 0 Å². The van der Waals surface area contributed by atoms with Gasteiger partial charge in [0.1, 0.15) is 0 Å². The number of para-hydroxylation sites is 2. The van der Waals surface area contributed by atoms with Gasteiger partial charge in [0, 0.05) is 71.9 Å². The molecule has 12 unspecified atom stereocenters. The van der Waals surface area contributed by atoms with Crippen LogP contribution in [0.4, 0.5) is 11.4 Å². The topological polar surface area (TPSA) is 124 Å². The molecule has 0 aromatic heterocycles. The van der Waals surface area contributed by atoms with Crippen LogP contribution >= 0.6 is 0 Å². The second-order valence-electron chi connectivity index (χ2n) is 17.3. The van der Waals surface area contributed by atoms with E-state index < -0.39 is 11.2 Å². The van der Waals surface area contributed by atoms with Gasteiger partial charge in [0.2, 0.25) is 0 Å². The molecule has 2 spiro atoms. The van der Waals surface area contributed by atoms with E-state index in [9.17, 15) is 19.8 Å². The number of benzene rings is 2. The number of carbonyl (C=O) groups is 2. The van der Waals surface area contributed by atoms with Crippen molar-refractivity contribution in [1.82, 2.24) is 9.80 Å². The Kier molecular flexibility index (Phi) is 6.16. The third-order valence-electron chi connectivity index (χ3n) is 16.1. The molecule has 4 N–H and O–H groups in total. The first-order chi connectivity index (χ1) is 25.1. The number of nitrogens with zero attached hydrogens (tertiary/aromatic N) is 2. The average molecular weight is 705 g/mol. The minimum Gasteiger partial charge on any atom is -0.466 e. The maximum Gasteiger partial charge on any atom is 0.335 e. The molecule has 10 aliphatic rings. The zero-order valence-electron chi connectivity index (χ0n) is 30.3. The van der Waals surface area contributed by atoms with Crippen molar-refractivity contribution in [1.29, 1.82) is 0 Å². The van der Waals surface area contributed by atoms with Gasteiger partial charge in [-0.25, -0.2) is 9.59 Å². The van der Waals surface area contributed by atoms with Crippen molar-refractivity contribution in [3.05, 3.63) is 82.2 Å². The Morgan fingerprint density at radius 2 is 1.10 bits per heavy atom. The molecule has 10 nitrogen and oxygen atoms in total. The third-order valence-corrected chi connectivity index (χ3v) is 16.1. The van der Waals surface area contributed by atoms with E-state index in [-0.39, 0.29) is 46.7 Å². The Morgan fingerprint density at radius 1 is 0.692 bits per heavy atom. The molecule has 52 heavy (non-hydrogen) atoms. The minimum absolute atomic E-state index is 0.0306. The highest BCUT2D eigenvalue weighted by Crippen LogP contribution is 2.72. The number of nitrogens with one attached hydrogen (secondary N) is 2. The minimum atomic E-state index is -0.699. The summed E-state index contributed by atoms with van der Waals surface area (Å²) < 4.78 is 10.5. The molecule has 12 atom stereocenters. The Bertz CT molecular complexity index is 1900. The van der Waals surface area contributed by atoms with Gasteiger partial charge < -0.3 is 30.3 Å². The molecule has 2 aromatic carbocycles. The second kappa shape index (κ2) is 10.1. The smallest absolute Gasteiger partial charge is 0.335 e. The Balaban J connectivity index is 0.000000123. The lowest BCUT2D eigenvalue weighted by atomic mass is 9.62. The van der Waals surface area contributed by atoms with Crippen LogP contribution in [0.25, 0.3) is 0 Å². The van der Waals surface area contributed by atoms with Gasteiger partial charge in [0.25, 0.3) is 0 Å². The summed E-state index contributed by atoms with van der Waals surface area (Å²) in [5.41, 5.74) is 6.89. The van der Waals surface area contributed by atoms with E-state index in [0.717, 1.165) is 85.5 Å². The van der Waals surface area contributed by atoms with E-state index in [2.05, 4.69) is 70.7 Å². The summed E-state index contributed by atoms with van der Waals surface area (Å²) in [5.74, 6) is 0.321. The summed E-state index contributed by atoms with van der Waals surface area (Å²) in [6.45, 7) is 6.10. The van der Waals surface area contributed by atoms with E-state index in [0.29, 0.717) is 23.9 Å². The Morgan fingerprint density at radius 3 is 1.48 bits per heavy atom. The predicted molar refractivity (Wildman–Crippen MR) is 193 cm³/mol. The highest BCUT2D eigenvalue weighted by Gasteiger charge is 2.78. The first kappa shape index (κ1) is 31.8. The first-order valence-electron chi connectivity index (χ1n) is 19.5. The average Bonchev–Trinajstić information content (AvgIpc) is 4.02. The molecule has 272 valence electrons. The summed E-state index contributed by atoms with van der Waals surface area (Å²) in [7, 11) is 2.94. The fourth-order valence-corrected chi connectivity index (χ4v) is 14.6. The van der Waals surface area contributed by atoms with Crippen LogP contribution in [0.1, 0.15) is 63.5 Å². The summed E-state index contributed by atoms with van der Waals surface area (Å²) in [4.78, 5) is 30.9. The molecule has 4 saturated heterocycles. The number of anilines is 2. The first-order valence-corrected chi connectivity index (χ1v) is 19.5. The summed E-state index contributed by atoms with van der Waals surface area (Å²) in [6.07, 6.45) is 5.03. The molecule has 2 saturated carbocycles. The lowest BCUT2D eigenvalue weighted by Crippen LogP contribution is -2.55. The van der Waals surface area contributed by atoms with E-state index in [1.807, 2.05) is 12.1 Å². The molecule has 0 radical (unpaired) electrons. The highest BCUT2D eigenvalue weighted by molar-refractivity contribution is 5.95. The third kappa shape index (κ3) is 3.28. The number of aliphatic hydroxyl groups is 2. The maximum absolute atomic E-state index is 12.9. The number of ether oxygens (including phenoxy) is 2. The number of carbonyl (C=O) groups excluding carboxylic acids is 2. The molecule has 6 fully saturated rings. The van der Waals surface area contributed by atoms with Crippen LogP contribution in [-0.4, -0.2) is 94.6 Å². The van der Waals surface area contributed by atoms with Gasteiger partial charge in [-0.05, 0) is 73.6 Å². The molecule has 6 heterocycles.